The van der Waals surface area contributed by atoms with Crippen molar-refractivity contribution in [1.82, 2.24) is 19.9 Å². The lowest BCUT2D eigenvalue weighted by Gasteiger charge is -2.21. The average molecular weight is 519 g/mol. The molecule has 2 heterocycles. The Hall–Kier alpha value is -3.47. The minimum atomic E-state index is -4.54. The fourth-order valence-electron chi connectivity index (χ4n) is 4.02. The summed E-state index contributed by atoms with van der Waals surface area (Å²) in [4.78, 5) is 27.5. The van der Waals surface area contributed by atoms with Crippen LogP contribution in [0.5, 0.6) is 0 Å². The number of ether oxygens (including phenoxy) is 1. The summed E-state index contributed by atoms with van der Waals surface area (Å²) < 4.78 is 45.8. The number of carbonyl (C=O) groups excluding carboxylic acids is 1. The van der Waals surface area contributed by atoms with Crippen LogP contribution in [0.2, 0.25) is 0 Å². The number of carbonyl (C=O) groups is 1. The number of nitrogens with one attached hydrogen (secondary N) is 2. The summed E-state index contributed by atoms with van der Waals surface area (Å²) in [5, 5.41) is 5.95. The summed E-state index contributed by atoms with van der Waals surface area (Å²) in [5.41, 5.74) is 0.198. The van der Waals surface area contributed by atoms with Crippen molar-refractivity contribution in [3.8, 4) is 11.3 Å². The van der Waals surface area contributed by atoms with Gasteiger partial charge in [-0.2, -0.15) is 13.2 Å². The minimum Gasteiger partial charge on any atom is -0.450 e. The summed E-state index contributed by atoms with van der Waals surface area (Å²) in [6.07, 6.45) is -2.14. The summed E-state index contributed by atoms with van der Waals surface area (Å²) in [7, 11) is 0. The van der Waals surface area contributed by atoms with Crippen LogP contribution in [0, 0.1) is 0 Å². The van der Waals surface area contributed by atoms with Crippen LogP contribution in [0.3, 0.4) is 0 Å². The first-order valence-electron chi connectivity index (χ1n) is 12.4. The van der Waals surface area contributed by atoms with Crippen molar-refractivity contribution in [1.29, 1.82) is 0 Å². The van der Waals surface area contributed by atoms with Crippen LogP contribution in [0.4, 0.5) is 29.5 Å². The van der Waals surface area contributed by atoms with E-state index in [1.165, 1.54) is 24.4 Å². The predicted octanol–water partition coefficient (Wildman–Crippen LogP) is 6.20. The van der Waals surface area contributed by atoms with E-state index in [1.807, 2.05) is 6.92 Å². The van der Waals surface area contributed by atoms with Gasteiger partial charge in [-0.3, -0.25) is 5.32 Å². The predicted molar refractivity (Wildman–Crippen MR) is 139 cm³/mol. The van der Waals surface area contributed by atoms with Crippen LogP contribution >= 0.6 is 0 Å². The molecule has 0 radical (unpaired) electrons. The van der Waals surface area contributed by atoms with E-state index < -0.39 is 17.8 Å². The number of amides is 1. The van der Waals surface area contributed by atoms with E-state index in [0.717, 1.165) is 38.5 Å². The van der Waals surface area contributed by atoms with Crippen molar-refractivity contribution < 1.29 is 22.7 Å². The first kappa shape index (κ1) is 28.1. The van der Waals surface area contributed by atoms with Gasteiger partial charge in [0.1, 0.15) is 11.3 Å². The SMILES string of the molecule is CCOC(=O)Nc1cc(NC(C)CCCN(CC)CC)c2nc(-c3ccccc3C(F)(F)F)cnc2n1. The van der Waals surface area contributed by atoms with Gasteiger partial charge < -0.3 is 15.0 Å². The highest BCUT2D eigenvalue weighted by Gasteiger charge is 2.33. The second kappa shape index (κ2) is 12.7. The molecule has 2 N–H and O–H groups in total. The van der Waals surface area contributed by atoms with Gasteiger partial charge in [0.2, 0.25) is 0 Å². The molecule has 37 heavy (non-hydrogen) atoms. The van der Waals surface area contributed by atoms with Gasteiger partial charge >= 0.3 is 12.3 Å². The molecule has 0 fully saturated rings. The molecule has 8 nitrogen and oxygen atoms in total. The van der Waals surface area contributed by atoms with Crippen LogP contribution in [0.1, 0.15) is 46.1 Å². The maximum atomic E-state index is 13.6. The largest absolute Gasteiger partial charge is 0.450 e. The third-order valence-corrected chi connectivity index (χ3v) is 5.94. The molecular weight excluding hydrogens is 485 g/mol. The van der Waals surface area contributed by atoms with E-state index in [0.29, 0.717) is 11.2 Å². The number of alkyl halides is 3. The highest BCUT2D eigenvalue weighted by Crippen LogP contribution is 2.37. The van der Waals surface area contributed by atoms with Crippen LogP contribution in [0.25, 0.3) is 22.4 Å². The molecule has 0 aliphatic carbocycles. The first-order valence-corrected chi connectivity index (χ1v) is 12.4. The molecule has 2 aromatic heterocycles. The minimum absolute atomic E-state index is 0.0181. The molecule has 1 aromatic carbocycles. The average Bonchev–Trinajstić information content (AvgIpc) is 2.86. The van der Waals surface area contributed by atoms with Crippen molar-refractivity contribution in [3.05, 3.63) is 42.1 Å². The topological polar surface area (TPSA) is 92.3 Å². The molecule has 0 aliphatic rings. The van der Waals surface area contributed by atoms with Gasteiger partial charge in [-0.25, -0.2) is 19.7 Å². The lowest BCUT2D eigenvalue weighted by atomic mass is 10.0. The monoisotopic (exact) mass is 518 g/mol. The zero-order valence-electron chi connectivity index (χ0n) is 21.5. The Kier molecular flexibility index (Phi) is 9.62. The van der Waals surface area contributed by atoms with E-state index in [1.54, 1.807) is 13.0 Å². The Morgan fingerprint density at radius 3 is 2.54 bits per heavy atom. The molecule has 0 aliphatic heterocycles. The third-order valence-electron chi connectivity index (χ3n) is 5.94. The number of fused-ring (bicyclic) bond motifs is 1. The molecule has 0 spiro atoms. The van der Waals surface area contributed by atoms with E-state index in [2.05, 4.69) is 44.3 Å². The number of hydrogen-bond donors (Lipinski definition) is 2. The van der Waals surface area contributed by atoms with Gasteiger partial charge in [-0.1, -0.05) is 32.0 Å². The second-order valence-electron chi connectivity index (χ2n) is 8.59. The van der Waals surface area contributed by atoms with Crippen LogP contribution < -0.4 is 10.6 Å². The van der Waals surface area contributed by atoms with Crippen LogP contribution in [-0.4, -0.2) is 58.2 Å². The number of rotatable bonds is 11. The lowest BCUT2D eigenvalue weighted by Crippen LogP contribution is -2.25. The Labute approximate surface area is 214 Å². The smallest absolute Gasteiger partial charge is 0.417 e. The number of halogens is 3. The number of benzene rings is 1. The summed E-state index contributed by atoms with van der Waals surface area (Å²) >= 11 is 0. The number of anilines is 2. The quantitative estimate of drug-likeness (QED) is 0.312. The highest BCUT2D eigenvalue weighted by atomic mass is 19.4. The van der Waals surface area contributed by atoms with Crippen LogP contribution in [-0.2, 0) is 10.9 Å². The number of pyridine rings is 1. The summed E-state index contributed by atoms with van der Waals surface area (Å²) in [5.74, 6) is 0.196. The molecule has 3 aromatic rings. The lowest BCUT2D eigenvalue weighted by molar-refractivity contribution is -0.137. The third kappa shape index (κ3) is 7.51. The van der Waals surface area contributed by atoms with Crippen molar-refractivity contribution in [2.24, 2.45) is 0 Å². The molecule has 1 unspecified atom stereocenters. The molecular formula is C26H33F3N6O2. The van der Waals surface area contributed by atoms with Gasteiger partial charge in [0.25, 0.3) is 0 Å². The van der Waals surface area contributed by atoms with E-state index >= 15 is 0 Å². The van der Waals surface area contributed by atoms with Crippen molar-refractivity contribution in [3.63, 3.8) is 0 Å². The molecule has 1 amide bonds. The van der Waals surface area contributed by atoms with E-state index in [9.17, 15) is 18.0 Å². The Bertz CT molecular complexity index is 1200. The number of nitrogens with zero attached hydrogens (tertiary/aromatic N) is 4. The Morgan fingerprint density at radius 2 is 1.86 bits per heavy atom. The Morgan fingerprint density at radius 1 is 1.14 bits per heavy atom. The standard InChI is InChI=1S/C26H33F3N6O2/c1-5-35(6-2)14-10-11-17(4)31-20-15-22(34-25(36)37-7-3)33-24-23(20)32-21(16-30-24)18-12-8-9-13-19(18)26(27,28)29/h8-9,12-13,15-17H,5-7,10-11,14H2,1-4H3,(H2,30,31,33,34,36). The molecule has 0 saturated heterocycles. The zero-order chi connectivity index (χ0) is 27.0. The molecule has 11 heteroatoms. The van der Waals surface area contributed by atoms with Crippen molar-refractivity contribution in [2.45, 2.75) is 52.8 Å². The zero-order valence-corrected chi connectivity index (χ0v) is 21.5. The molecule has 0 saturated carbocycles. The molecule has 1 atom stereocenters. The molecule has 0 bridgehead atoms. The fourth-order valence-corrected chi connectivity index (χ4v) is 4.02. The summed E-state index contributed by atoms with van der Waals surface area (Å²) in [6.45, 7) is 11.1. The first-order chi connectivity index (χ1) is 17.7. The van der Waals surface area contributed by atoms with Gasteiger partial charge in [-0.05, 0) is 52.4 Å². The molecule has 200 valence electrons. The van der Waals surface area contributed by atoms with Crippen molar-refractivity contribution in [2.75, 3.05) is 36.9 Å². The van der Waals surface area contributed by atoms with Crippen LogP contribution in [0.15, 0.2) is 36.5 Å². The Balaban J connectivity index is 1.98. The fraction of sp³-hybridized carbons (Fsp3) is 0.462. The maximum Gasteiger partial charge on any atom is 0.417 e. The number of aromatic nitrogens is 3. The summed E-state index contributed by atoms with van der Waals surface area (Å²) in [6, 6.07) is 6.86. The van der Waals surface area contributed by atoms with E-state index in [4.69, 9.17) is 4.74 Å². The number of hydrogen-bond acceptors (Lipinski definition) is 7. The van der Waals surface area contributed by atoms with Gasteiger partial charge in [0, 0.05) is 17.7 Å². The highest BCUT2D eigenvalue weighted by molar-refractivity contribution is 5.92. The van der Waals surface area contributed by atoms with Gasteiger partial charge in [-0.15, -0.1) is 0 Å². The second-order valence-corrected chi connectivity index (χ2v) is 8.59. The van der Waals surface area contributed by atoms with Crippen molar-refractivity contribution >= 4 is 28.8 Å². The van der Waals surface area contributed by atoms with E-state index in [-0.39, 0.29) is 35.4 Å². The maximum absolute atomic E-state index is 13.6. The van der Waals surface area contributed by atoms with Gasteiger partial charge in [0.15, 0.2) is 5.65 Å². The van der Waals surface area contributed by atoms with Gasteiger partial charge in [0.05, 0.1) is 29.7 Å². The normalized spacial score (nSPS) is 12.5. The molecule has 3 rings (SSSR count).